The van der Waals surface area contributed by atoms with Gasteiger partial charge in [0.05, 0.1) is 0 Å². The molecule has 0 saturated heterocycles. The topological polar surface area (TPSA) is 37.3 Å². The fraction of sp³-hybridized carbons (Fsp3) is 0.700. The Morgan fingerprint density at radius 1 is 1.75 bits per heavy atom. The van der Waals surface area contributed by atoms with E-state index in [-0.39, 0.29) is 11.7 Å². The summed E-state index contributed by atoms with van der Waals surface area (Å²) in [5.41, 5.74) is -0.0229. The summed E-state index contributed by atoms with van der Waals surface area (Å²) in [5, 5.41) is 9.56. The van der Waals surface area contributed by atoms with Crippen molar-refractivity contribution in [2.45, 2.75) is 38.7 Å². The molecular formula is C10H16O2. The van der Waals surface area contributed by atoms with E-state index in [4.69, 9.17) is 0 Å². The van der Waals surface area contributed by atoms with Gasteiger partial charge in [-0.2, -0.15) is 0 Å². The van der Waals surface area contributed by atoms with Crippen molar-refractivity contribution in [1.82, 2.24) is 0 Å². The Morgan fingerprint density at radius 2 is 2.33 bits per heavy atom. The molecule has 12 heavy (non-hydrogen) atoms. The number of carbonyl (C=O) groups excluding carboxylic acids is 1. The predicted octanol–water partition coefficient (Wildman–Crippen LogP) is 1.68. The van der Waals surface area contributed by atoms with Crippen molar-refractivity contribution in [3.8, 4) is 0 Å². The smallest absolute Gasteiger partial charge is 0.164 e. The number of allylic oxidation sites excluding steroid dienone is 1. The van der Waals surface area contributed by atoms with Crippen LogP contribution in [0.15, 0.2) is 12.2 Å². The monoisotopic (exact) mass is 168 g/mol. The van der Waals surface area contributed by atoms with Crippen molar-refractivity contribution in [3.63, 3.8) is 0 Å². The Labute approximate surface area is 73.3 Å². The molecule has 1 N–H and O–H groups in total. The maximum atomic E-state index is 11.3. The van der Waals surface area contributed by atoms with Crippen LogP contribution in [0.2, 0.25) is 0 Å². The first kappa shape index (κ1) is 9.46. The molecular weight excluding hydrogens is 152 g/mol. The molecule has 1 unspecified atom stereocenters. The van der Waals surface area contributed by atoms with Gasteiger partial charge in [0.1, 0.15) is 5.60 Å². The van der Waals surface area contributed by atoms with Crippen molar-refractivity contribution < 1.29 is 9.90 Å². The normalized spacial score (nSPS) is 36.6. The molecule has 1 fully saturated rings. The lowest BCUT2D eigenvalue weighted by atomic mass is 9.76. The number of carbonyl (C=O) groups is 1. The highest BCUT2D eigenvalue weighted by molar-refractivity contribution is 5.87. The molecule has 0 amide bonds. The third kappa shape index (κ3) is 1.75. The molecule has 2 heteroatoms. The molecule has 1 aliphatic carbocycles. The maximum absolute atomic E-state index is 11.3. The fourth-order valence-corrected chi connectivity index (χ4v) is 1.56. The third-order valence-corrected chi connectivity index (χ3v) is 2.71. The second kappa shape index (κ2) is 3.02. The Kier molecular flexibility index (Phi) is 2.38. The second-order valence-electron chi connectivity index (χ2n) is 3.98. The zero-order valence-corrected chi connectivity index (χ0v) is 7.76. The lowest BCUT2D eigenvalue weighted by Gasteiger charge is -2.31. The zero-order valence-electron chi connectivity index (χ0n) is 7.76. The van der Waals surface area contributed by atoms with Crippen LogP contribution in [0.5, 0.6) is 0 Å². The van der Waals surface area contributed by atoms with Gasteiger partial charge in [0.25, 0.3) is 0 Å². The zero-order chi connectivity index (χ0) is 9.35. The van der Waals surface area contributed by atoms with E-state index < -0.39 is 5.60 Å². The minimum atomic E-state index is -1.08. The van der Waals surface area contributed by atoms with E-state index in [0.717, 1.165) is 12.0 Å². The van der Waals surface area contributed by atoms with Gasteiger partial charge in [-0.05, 0) is 32.6 Å². The summed E-state index contributed by atoms with van der Waals surface area (Å²) in [7, 11) is 0. The third-order valence-electron chi connectivity index (χ3n) is 2.71. The average molecular weight is 168 g/mol. The predicted molar refractivity (Wildman–Crippen MR) is 47.8 cm³/mol. The molecule has 0 aromatic carbocycles. The first-order chi connectivity index (χ1) is 5.43. The van der Waals surface area contributed by atoms with Crippen LogP contribution in [0.3, 0.4) is 0 Å². The summed E-state index contributed by atoms with van der Waals surface area (Å²) >= 11 is 0. The first-order valence-electron chi connectivity index (χ1n) is 4.34. The van der Waals surface area contributed by atoms with Crippen LogP contribution < -0.4 is 0 Å². The summed E-state index contributed by atoms with van der Waals surface area (Å²) in [6.45, 7) is 7.37. The van der Waals surface area contributed by atoms with Crippen molar-refractivity contribution in [2.75, 3.05) is 0 Å². The van der Waals surface area contributed by atoms with Crippen LogP contribution in [-0.2, 0) is 4.79 Å². The van der Waals surface area contributed by atoms with E-state index in [1.165, 1.54) is 0 Å². The van der Waals surface area contributed by atoms with Crippen LogP contribution in [0.25, 0.3) is 0 Å². The van der Waals surface area contributed by atoms with Crippen LogP contribution >= 0.6 is 0 Å². The summed E-state index contributed by atoms with van der Waals surface area (Å²) in [5.74, 6) is 0.250. The van der Waals surface area contributed by atoms with Gasteiger partial charge in [-0.3, -0.25) is 4.79 Å². The van der Waals surface area contributed by atoms with Crippen LogP contribution in [0, 0.1) is 5.92 Å². The van der Waals surface area contributed by atoms with Crippen LogP contribution in [0.4, 0.5) is 0 Å². The molecule has 0 aromatic heterocycles. The van der Waals surface area contributed by atoms with E-state index in [9.17, 15) is 9.90 Å². The average Bonchev–Trinajstić information content (AvgIpc) is 1.94. The maximum Gasteiger partial charge on any atom is 0.164 e. The number of hydrogen-bond donors (Lipinski definition) is 1. The molecule has 0 aliphatic heterocycles. The van der Waals surface area contributed by atoms with Crippen molar-refractivity contribution >= 4 is 5.78 Å². The number of hydrogen-bond acceptors (Lipinski definition) is 2. The van der Waals surface area contributed by atoms with Gasteiger partial charge in [0.2, 0.25) is 0 Å². The van der Waals surface area contributed by atoms with Gasteiger partial charge in [0, 0.05) is 6.42 Å². The highest BCUT2D eigenvalue weighted by atomic mass is 16.3. The summed E-state index contributed by atoms with van der Waals surface area (Å²) < 4.78 is 0. The van der Waals surface area contributed by atoms with Gasteiger partial charge < -0.3 is 5.11 Å². The Hall–Kier alpha value is -0.630. The minimum Gasteiger partial charge on any atom is -0.382 e. The van der Waals surface area contributed by atoms with Crippen molar-refractivity contribution in [2.24, 2.45) is 5.92 Å². The van der Waals surface area contributed by atoms with Gasteiger partial charge in [-0.1, -0.05) is 12.2 Å². The van der Waals surface area contributed by atoms with Crippen molar-refractivity contribution in [1.29, 1.82) is 0 Å². The fourth-order valence-electron chi connectivity index (χ4n) is 1.56. The summed E-state index contributed by atoms with van der Waals surface area (Å²) in [6.07, 6.45) is 1.92. The first-order valence-corrected chi connectivity index (χ1v) is 4.34. The Bertz CT molecular complexity index is 216. The highest BCUT2D eigenvalue weighted by Gasteiger charge is 2.36. The Morgan fingerprint density at radius 3 is 2.75 bits per heavy atom. The van der Waals surface area contributed by atoms with E-state index in [2.05, 4.69) is 6.58 Å². The molecule has 1 saturated carbocycles. The van der Waals surface area contributed by atoms with Crippen LogP contribution in [0.1, 0.15) is 33.1 Å². The molecule has 0 bridgehead atoms. The molecule has 2 atom stereocenters. The van der Waals surface area contributed by atoms with Gasteiger partial charge >= 0.3 is 0 Å². The highest BCUT2D eigenvalue weighted by Crippen LogP contribution is 2.32. The lowest BCUT2D eigenvalue weighted by molar-refractivity contribution is -0.140. The SMILES string of the molecule is C=C(C)[C@@H]1CCC(C)(O)C(=O)C1. The van der Waals surface area contributed by atoms with Crippen molar-refractivity contribution in [3.05, 3.63) is 12.2 Å². The molecule has 1 aliphatic rings. The second-order valence-corrected chi connectivity index (χ2v) is 3.98. The van der Waals surface area contributed by atoms with Gasteiger partial charge in [-0.25, -0.2) is 0 Å². The molecule has 0 heterocycles. The molecule has 68 valence electrons. The molecule has 0 aromatic rings. The van der Waals surface area contributed by atoms with Gasteiger partial charge in [0.15, 0.2) is 5.78 Å². The molecule has 1 rings (SSSR count). The number of aliphatic hydroxyl groups is 1. The van der Waals surface area contributed by atoms with E-state index >= 15 is 0 Å². The van der Waals surface area contributed by atoms with E-state index in [1.807, 2.05) is 6.92 Å². The largest absolute Gasteiger partial charge is 0.382 e. The van der Waals surface area contributed by atoms with E-state index in [1.54, 1.807) is 6.92 Å². The lowest BCUT2D eigenvalue weighted by Crippen LogP contribution is -2.40. The molecule has 0 radical (unpaired) electrons. The summed E-state index contributed by atoms with van der Waals surface area (Å²) in [6, 6.07) is 0. The standard InChI is InChI=1S/C10H16O2/c1-7(2)8-4-5-10(3,12)9(11)6-8/h8,12H,1,4-6H2,2-3H3/t8-,10?/m1/s1. The number of Topliss-reactive ketones (excluding diaryl/α,β-unsaturated/α-hetero) is 1. The summed E-state index contributed by atoms with van der Waals surface area (Å²) in [4.78, 5) is 11.3. The quantitative estimate of drug-likeness (QED) is 0.605. The van der Waals surface area contributed by atoms with Gasteiger partial charge in [-0.15, -0.1) is 0 Å². The van der Waals surface area contributed by atoms with E-state index in [0.29, 0.717) is 12.8 Å². The minimum absolute atomic E-state index is 0.0400. The molecule has 0 spiro atoms. The Balaban J connectivity index is 2.64. The van der Waals surface area contributed by atoms with Crippen LogP contribution in [-0.4, -0.2) is 16.5 Å². The molecule has 2 nitrogen and oxygen atoms in total. The number of ketones is 1. The number of rotatable bonds is 1.